The number of aromatic amines is 1. The van der Waals surface area contributed by atoms with E-state index in [2.05, 4.69) is 10.2 Å². The molecule has 0 aliphatic rings. The number of rotatable bonds is 4. The molecule has 2 aromatic heterocycles. The zero-order valence-electron chi connectivity index (χ0n) is 13.7. The fraction of sp³-hybridized carbons (Fsp3) is 0.167. The van der Waals surface area contributed by atoms with Crippen LogP contribution in [0.25, 0.3) is 0 Å². The van der Waals surface area contributed by atoms with Crippen LogP contribution in [0.2, 0.25) is 0 Å². The summed E-state index contributed by atoms with van der Waals surface area (Å²) in [5.41, 5.74) is 1.77. The molecule has 6 nitrogen and oxygen atoms in total. The predicted molar refractivity (Wildman–Crippen MR) is 89.0 cm³/mol. The number of hydrogen-bond acceptors (Lipinski definition) is 4. The van der Waals surface area contributed by atoms with Gasteiger partial charge in [0.05, 0.1) is 5.69 Å². The van der Waals surface area contributed by atoms with Gasteiger partial charge in [-0.1, -0.05) is 12.1 Å². The van der Waals surface area contributed by atoms with E-state index in [0.29, 0.717) is 27.1 Å². The molecule has 3 rings (SSSR count). The summed E-state index contributed by atoms with van der Waals surface area (Å²) in [5, 5.41) is 17.6. The Labute approximate surface area is 143 Å². The Morgan fingerprint density at radius 2 is 2.08 bits per heavy atom. The van der Waals surface area contributed by atoms with Crippen molar-refractivity contribution in [1.82, 2.24) is 10.2 Å². The largest absolute Gasteiger partial charge is 0.619 e. The lowest BCUT2D eigenvalue weighted by Gasteiger charge is -2.12. The molecule has 0 unspecified atom stereocenters. The van der Waals surface area contributed by atoms with Crippen molar-refractivity contribution >= 4 is 0 Å². The summed E-state index contributed by atoms with van der Waals surface area (Å²) in [4.78, 5) is 11.4. The topological polar surface area (TPSA) is 81.9 Å². The van der Waals surface area contributed by atoms with Crippen molar-refractivity contribution in [3.8, 4) is 11.5 Å². The van der Waals surface area contributed by atoms with E-state index in [1.54, 1.807) is 38.1 Å². The van der Waals surface area contributed by atoms with E-state index in [1.807, 2.05) is 0 Å². The molecule has 0 saturated carbocycles. The van der Waals surface area contributed by atoms with Crippen molar-refractivity contribution in [3.05, 3.63) is 86.5 Å². The van der Waals surface area contributed by atoms with E-state index in [-0.39, 0.29) is 23.5 Å². The van der Waals surface area contributed by atoms with Gasteiger partial charge in [-0.05, 0) is 37.1 Å². The highest BCUT2D eigenvalue weighted by atomic mass is 19.1. The first-order valence-electron chi connectivity index (χ1n) is 7.64. The van der Waals surface area contributed by atoms with Crippen molar-refractivity contribution in [2.75, 3.05) is 0 Å². The van der Waals surface area contributed by atoms with Crippen LogP contribution < -0.4 is 15.0 Å². The summed E-state index contributed by atoms with van der Waals surface area (Å²) in [6.45, 7) is 3.39. The van der Waals surface area contributed by atoms with Gasteiger partial charge in [0.1, 0.15) is 0 Å². The second-order valence-electron chi connectivity index (χ2n) is 5.73. The third kappa shape index (κ3) is 3.65. The number of pyridine rings is 1. The quantitative estimate of drug-likeness (QED) is 0.584. The molecule has 0 saturated heterocycles. The number of hydrogen-bond donors (Lipinski definition) is 1. The summed E-state index contributed by atoms with van der Waals surface area (Å²) in [6, 6.07) is 8.11. The summed E-state index contributed by atoms with van der Waals surface area (Å²) in [7, 11) is 0. The Bertz CT molecular complexity index is 986. The molecule has 1 N–H and O–H groups in total. The Morgan fingerprint density at radius 1 is 1.28 bits per heavy atom. The Kier molecular flexibility index (Phi) is 4.47. The smallest absolute Gasteiger partial charge is 0.267 e. The molecule has 0 bridgehead atoms. The maximum atomic E-state index is 14.9. The van der Waals surface area contributed by atoms with Crippen LogP contribution in [0.1, 0.15) is 22.4 Å². The molecule has 7 heteroatoms. The molecule has 1 aromatic carbocycles. The zero-order chi connectivity index (χ0) is 18.0. The molecule has 25 heavy (non-hydrogen) atoms. The van der Waals surface area contributed by atoms with Crippen molar-refractivity contribution < 1.29 is 13.9 Å². The first-order chi connectivity index (χ1) is 11.9. The first-order valence-corrected chi connectivity index (χ1v) is 7.64. The highest BCUT2D eigenvalue weighted by Crippen LogP contribution is 2.30. The molecule has 0 aliphatic heterocycles. The molecular formula is C18H16FN3O3. The third-order valence-electron chi connectivity index (χ3n) is 3.76. The molecule has 2 heterocycles. The number of nitrogens with one attached hydrogen (secondary N) is 1. The van der Waals surface area contributed by atoms with Crippen LogP contribution in [0.5, 0.6) is 11.5 Å². The molecule has 0 amide bonds. The van der Waals surface area contributed by atoms with Gasteiger partial charge in [-0.2, -0.15) is 9.83 Å². The lowest BCUT2D eigenvalue weighted by Crippen LogP contribution is -2.23. The number of H-pyrrole nitrogens is 1. The second-order valence-corrected chi connectivity index (χ2v) is 5.73. The molecule has 128 valence electrons. The Morgan fingerprint density at radius 3 is 2.80 bits per heavy atom. The van der Waals surface area contributed by atoms with Crippen LogP contribution in [0, 0.1) is 24.9 Å². The molecular weight excluding hydrogens is 325 g/mol. The van der Waals surface area contributed by atoms with Crippen molar-refractivity contribution in [3.63, 3.8) is 0 Å². The third-order valence-corrected chi connectivity index (χ3v) is 3.76. The minimum absolute atomic E-state index is 0.0600. The summed E-state index contributed by atoms with van der Waals surface area (Å²) in [6.07, 6.45) is 2.74. The fourth-order valence-corrected chi connectivity index (χ4v) is 2.41. The lowest BCUT2D eigenvalue weighted by molar-refractivity contribution is -0.605. The number of aromatic nitrogens is 3. The van der Waals surface area contributed by atoms with Crippen molar-refractivity contribution in [1.29, 1.82) is 0 Å². The van der Waals surface area contributed by atoms with E-state index < -0.39 is 5.82 Å². The van der Waals surface area contributed by atoms with E-state index in [4.69, 9.17) is 4.74 Å². The molecule has 0 fully saturated rings. The number of halogens is 1. The Balaban J connectivity index is 1.94. The molecule has 0 atom stereocenters. The molecule has 0 aliphatic carbocycles. The number of nitrogens with zero attached hydrogens (tertiary/aromatic N) is 2. The number of ether oxygens (including phenoxy) is 1. The average Bonchev–Trinajstić information content (AvgIpc) is 2.57. The van der Waals surface area contributed by atoms with Gasteiger partial charge in [-0.15, -0.1) is 0 Å². The standard InChI is InChI=1S/C18H16FN3O3/c1-11-5-6-13(9-14-8-12(2)18(23)21-20-14)16(19)17(11)25-15-4-3-7-22(24)10-15/h3-8,10H,9H2,1-2H3,(H,21,23). The van der Waals surface area contributed by atoms with Crippen LogP contribution in [0.15, 0.2) is 47.5 Å². The minimum Gasteiger partial charge on any atom is -0.619 e. The van der Waals surface area contributed by atoms with Gasteiger partial charge in [-0.3, -0.25) is 4.79 Å². The summed E-state index contributed by atoms with van der Waals surface area (Å²) < 4.78 is 21.0. The lowest BCUT2D eigenvalue weighted by atomic mass is 10.0. The molecule has 3 aromatic rings. The summed E-state index contributed by atoms with van der Waals surface area (Å²) >= 11 is 0. The van der Waals surface area contributed by atoms with E-state index in [1.165, 1.54) is 18.5 Å². The maximum Gasteiger partial charge on any atom is 0.267 e. The molecule has 0 radical (unpaired) electrons. The normalized spacial score (nSPS) is 10.7. The van der Waals surface area contributed by atoms with Crippen LogP contribution in [-0.2, 0) is 6.42 Å². The number of benzene rings is 1. The zero-order valence-corrected chi connectivity index (χ0v) is 13.7. The van der Waals surface area contributed by atoms with Gasteiger partial charge < -0.3 is 9.94 Å². The fourth-order valence-electron chi connectivity index (χ4n) is 2.41. The van der Waals surface area contributed by atoms with Crippen LogP contribution in [0.4, 0.5) is 4.39 Å². The van der Waals surface area contributed by atoms with Crippen LogP contribution in [0.3, 0.4) is 0 Å². The first kappa shape index (κ1) is 16.6. The van der Waals surface area contributed by atoms with E-state index >= 15 is 0 Å². The van der Waals surface area contributed by atoms with Gasteiger partial charge in [0, 0.05) is 18.1 Å². The molecule has 0 spiro atoms. The monoisotopic (exact) mass is 341 g/mol. The Hall–Kier alpha value is -3.22. The number of aryl methyl sites for hydroxylation is 2. The van der Waals surface area contributed by atoms with E-state index in [0.717, 1.165) is 0 Å². The highest BCUT2D eigenvalue weighted by Gasteiger charge is 2.15. The summed E-state index contributed by atoms with van der Waals surface area (Å²) in [5.74, 6) is -0.216. The van der Waals surface area contributed by atoms with E-state index in [9.17, 15) is 14.4 Å². The van der Waals surface area contributed by atoms with Gasteiger partial charge in [0.2, 0.25) is 6.20 Å². The van der Waals surface area contributed by atoms with Gasteiger partial charge in [-0.25, -0.2) is 9.49 Å². The van der Waals surface area contributed by atoms with Gasteiger partial charge >= 0.3 is 0 Å². The van der Waals surface area contributed by atoms with Crippen molar-refractivity contribution in [2.45, 2.75) is 20.3 Å². The predicted octanol–water partition coefficient (Wildman–Crippen LogP) is 2.54. The van der Waals surface area contributed by atoms with Gasteiger partial charge in [0.25, 0.3) is 5.56 Å². The minimum atomic E-state index is -0.521. The maximum absolute atomic E-state index is 14.9. The van der Waals surface area contributed by atoms with Crippen molar-refractivity contribution in [2.24, 2.45) is 0 Å². The average molecular weight is 341 g/mol. The SMILES string of the molecule is Cc1ccc(Cc2cc(C)c(=O)[nH]n2)c(F)c1Oc1ccc[n+]([O-])c1. The highest BCUT2D eigenvalue weighted by molar-refractivity contribution is 5.42. The van der Waals surface area contributed by atoms with Crippen LogP contribution in [-0.4, -0.2) is 10.2 Å². The second kappa shape index (κ2) is 6.72. The van der Waals surface area contributed by atoms with Crippen LogP contribution >= 0.6 is 0 Å². The van der Waals surface area contributed by atoms with Gasteiger partial charge in [0.15, 0.2) is 23.5 Å².